The van der Waals surface area contributed by atoms with Gasteiger partial charge in [0, 0.05) is 11.6 Å². The average molecular weight is 453 g/mol. The number of aromatic nitrogens is 2. The fourth-order valence-electron chi connectivity index (χ4n) is 3.48. The lowest BCUT2D eigenvalue weighted by molar-refractivity contribution is 0.0496. The topological polar surface area (TPSA) is 82.7 Å². The van der Waals surface area contributed by atoms with Crippen LogP contribution in [-0.2, 0) is 4.74 Å². The Morgan fingerprint density at radius 2 is 1.67 bits per heavy atom. The zero-order chi connectivity index (χ0) is 23.6. The van der Waals surface area contributed by atoms with Crippen LogP contribution in [0.2, 0.25) is 0 Å². The second-order valence-electron chi connectivity index (χ2n) is 7.84. The molecule has 0 aliphatic carbocycles. The van der Waals surface area contributed by atoms with Gasteiger partial charge in [-0.15, -0.1) is 5.10 Å². The molecule has 176 valence electrons. The van der Waals surface area contributed by atoms with E-state index in [9.17, 15) is 4.79 Å². The standard InChI is InChI=1S/C26H32N2O5/c1-18-10-9-11-21(19(18)2)26(29)33-15-8-6-5-7-14-32-25-17-22(27-28-25)20-12-13-23(30-3)24(16-20)31-4/h9-13,16-17H,5-8,14-15H2,1-4H3,(H,27,28). The third-order valence-electron chi connectivity index (χ3n) is 5.60. The van der Waals surface area contributed by atoms with Crippen molar-refractivity contribution >= 4 is 5.97 Å². The molecular weight excluding hydrogens is 420 g/mol. The highest BCUT2D eigenvalue weighted by atomic mass is 16.5. The Morgan fingerprint density at radius 3 is 2.42 bits per heavy atom. The zero-order valence-electron chi connectivity index (χ0n) is 19.8. The Kier molecular flexibility index (Phi) is 8.75. The number of nitrogens with one attached hydrogen (secondary N) is 1. The molecule has 3 aromatic rings. The number of H-pyrrole nitrogens is 1. The van der Waals surface area contributed by atoms with Crippen LogP contribution < -0.4 is 14.2 Å². The number of carbonyl (C=O) groups excluding carboxylic acids is 1. The normalized spacial score (nSPS) is 10.7. The first-order chi connectivity index (χ1) is 16.0. The minimum absolute atomic E-state index is 0.247. The molecule has 2 aromatic carbocycles. The van der Waals surface area contributed by atoms with Gasteiger partial charge in [0.1, 0.15) is 0 Å². The Hall–Kier alpha value is -3.48. The van der Waals surface area contributed by atoms with Gasteiger partial charge in [0.15, 0.2) is 11.5 Å². The van der Waals surface area contributed by atoms with Gasteiger partial charge in [-0.05, 0) is 74.9 Å². The van der Waals surface area contributed by atoms with E-state index in [2.05, 4.69) is 10.2 Å². The van der Waals surface area contributed by atoms with Gasteiger partial charge >= 0.3 is 5.97 Å². The molecule has 1 aromatic heterocycles. The fraction of sp³-hybridized carbons (Fsp3) is 0.385. The first-order valence-corrected chi connectivity index (χ1v) is 11.2. The van der Waals surface area contributed by atoms with E-state index < -0.39 is 0 Å². The molecule has 0 saturated carbocycles. The van der Waals surface area contributed by atoms with Gasteiger partial charge in [-0.1, -0.05) is 12.1 Å². The maximum atomic E-state index is 12.2. The summed E-state index contributed by atoms with van der Waals surface area (Å²) in [6, 6.07) is 13.2. The molecule has 7 heteroatoms. The molecule has 1 N–H and O–H groups in total. The Labute approximate surface area is 195 Å². The van der Waals surface area contributed by atoms with Crippen molar-refractivity contribution in [1.82, 2.24) is 10.2 Å². The largest absolute Gasteiger partial charge is 0.493 e. The number of hydrogen-bond acceptors (Lipinski definition) is 6. The number of aromatic amines is 1. The van der Waals surface area contributed by atoms with Crippen LogP contribution in [0.25, 0.3) is 11.3 Å². The van der Waals surface area contributed by atoms with Gasteiger partial charge in [-0.2, -0.15) is 0 Å². The van der Waals surface area contributed by atoms with Gasteiger partial charge in [-0.25, -0.2) is 4.79 Å². The number of hydrogen-bond donors (Lipinski definition) is 1. The molecule has 0 radical (unpaired) electrons. The second-order valence-corrected chi connectivity index (χ2v) is 7.84. The van der Waals surface area contributed by atoms with Crippen LogP contribution in [0.1, 0.15) is 47.2 Å². The maximum absolute atomic E-state index is 12.2. The molecule has 0 fully saturated rings. The van der Waals surface area contributed by atoms with Crippen LogP contribution in [0.5, 0.6) is 17.4 Å². The Bertz CT molecular complexity index is 1060. The maximum Gasteiger partial charge on any atom is 0.338 e. The summed E-state index contributed by atoms with van der Waals surface area (Å²) in [5.74, 6) is 1.65. The Balaban J connectivity index is 1.33. The number of nitrogens with zero attached hydrogens (tertiary/aromatic N) is 1. The van der Waals surface area contributed by atoms with Crippen LogP contribution in [0.15, 0.2) is 42.5 Å². The van der Waals surface area contributed by atoms with Crippen molar-refractivity contribution in [2.75, 3.05) is 27.4 Å². The third-order valence-corrected chi connectivity index (χ3v) is 5.60. The van der Waals surface area contributed by atoms with E-state index in [1.807, 2.05) is 56.3 Å². The summed E-state index contributed by atoms with van der Waals surface area (Å²) in [4.78, 5) is 12.2. The van der Waals surface area contributed by atoms with Crippen molar-refractivity contribution in [2.45, 2.75) is 39.5 Å². The van der Waals surface area contributed by atoms with E-state index in [1.54, 1.807) is 14.2 Å². The van der Waals surface area contributed by atoms with Gasteiger partial charge in [-0.3, -0.25) is 5.10 Å². The number of esters is 1. The van der Waals surface area contributed by atoms with E-state index in [1.165, 1.54) is 0 Å². The summed E-state index contributed by atoms with van der Waals surface area (Å²) < 4.78 is 21.8. The summed E-state index contributed by atoms with van der Waals surface area (Å²) in [6.07, 6.45) is 3.71. The quantitative estimate of drug-likeness (QED) is 0.288. The van der Waals surface area contributed by atoms with Crippen molar-refractivity contribution < 1.29 is 23.7 Å². The van der Waals surface area contributed by atoms with Crippen molar-refractivity contribution in [3.05, 3.63) is 59.2 Å². The Morgan fingerprint density at radius 1 is 0.909 bits per heavy atom. The molecule has 0 saturated heterocycles. The monoisotopic (exact) mass is 452 g/mol. The minimum atomic E-state index is -0.247. The molecule has 0 amide bonds. The third kappa shape index (κ3) is 6.51. The first-order valence-electron chi connectivity index (χ1n) is 11.2. The van der Waals surface area contributed by atoms with E-state index >= 15 is 0 Å². The zero-order valence-corrected chi connectivity index (χ0v) is 19.8. The van der Waals surface area contributed by atoms with Gasteiger partial charge < -0.3 is 18.9 Å². The predicted octanol–water partition coefficient (Wildman–Crippen LogP) is 5.51. The molecule has 1 heterocycles. The molecule has 0 atom stereocenters. The lowest BCUT2D eigenvalue weighted by Crippen LogP contribution is -2.09. The molecule has 0 aliphatic rings. The lowest BCUT2D eigenvalue weighted by atomic mass is 10.0. The molecule has 0 spiro atoms. The van der Waals surface area contributed by atoms with Gasteiger partial charge in [0.2, 0.25) is 5.88 Å². The van der Waals surface area contributed by atoms with Crippen molar-refractivity contribution in [3.8, 4) is 28.6 Å². The summed E-state index contributed by atoms with van der Waals surface area (Å²) in [5, 5.41) is 7.21. The number of ether oxygens (including phenoxy) is 4. The van der Waals surface area contributed by atoms with Gasteiger partial charge in [0.25, 0.3) is 0 Å². The summed E-state index contributed by atoms with van der Waals surface area (Å²) in [7, 11) is 3.22. The molecule has 0 unspecified atom stereocenters. The minimum Gasteiger partial charge on any atom is -0.493 e. The molecule has 7 nitrogen and oxygen atoms in total. The highest BCUT2D eigenvalue weighted by Gasteiger charge is 2.11. The SMILES string of the molecule is COc1ccc(-c2cc(OCCCCCCOC(=O)c3cccc(C)c3C)n[nH]2)cc1OC. The van der Waals surface area contributed by atoms with Crippen molar-refractivity contribution in [2.24, 2.45) is 0 Å². The number of unbranched alkanes of at least 4 members (excludes halogenated alkanes) is 3. The molecular formula is C26H32N2O5. The van der Waals surface area contributed by atoms with Gasteiger partial charge in [0.05, 0.1) is 38.7 Å². The van der Waals surface area contributed by atoms with E-state index in [0.29, 0.717) is 36.2 Å². The summed E-state index contributed by atoms with van der Waals surface area (Å²) >= 11 is 0. The molecule has 33 heavy (non-hydrogen) atoms. The summed E-state index contributed by atoms with van der Waals surface area (Å²) in [5.41, 5.74) is 4.50. The highest BCUT2D eigenvalue weighted by Crippen LogP contribution is 2.32. The van der Waals surface area contributed by atoms with Crippen LogP contribution in [0, 0.1) is 13.8 Å². The average Bonchev–Trinajstić information content (AvgIpc) is 3.30. The van der Waals surface area contributed by atoms with Crippen LogP contribution in [-0.4, -0.2) is 43.6 Å². The fourth-order valence-corrected chi connectivity index (χ4v) is 3.48. The molecule has 0 aliphatic heterocycles. The number of benzene rings is 2. The van der Waals surface area contributed by atoms with Crippen molar-refractivity contribution in [3.63, 3.8) is 0 Å². The summed E-state index contributed by atoms with van der Waals surface area (Å²) in [6.45, 7) is 4.95. The van der Waals surface area contributed by atoms with Crippen molar-refractivity contribution in [1.29, 1.82) is 0 Å². The number of aryl methyl sites for hydroxylation is 1. The van der Waals surface area contributed by atoms with E-state index in [4.69, 9.17) is 18.9 Å². The lowest BCUT2D eigenvalue weighted by Gasteiger charge is -2.09. The number of carbonyl (C=O) groups is 1. The first kappa shape index (κ1) is 24.2. The molecule has 3 rings (SSSR count). The highest BCUT2D eigenvalue weighted by molar-refractivity contribution is 5.91. The predicted molar refractivity (Wildman–Crippen MR) is 127 cm³/mol. The van der Waals surface area contributed by atoms with Crippen LogP contribution in [0.4, 0.5) is 0 Å². The van der Waals surface area contributed by atoms with E-state index in [0.717, 1.165) is 48.1 Å². The van der Waals surface area contributed by atoms with Crippen LogP contribution >= 0.6 is 0 Å². The number of methoxy groups -OCH3 is 2. The smallest absolute Gasteiger partial charge is 0.338 e. The number of rotatable bonds is 12. The second kappa shape index (κ2) is 11.9. The van der Waals surface area contributed by atoms with Crippen LogP contribution in [0.3, 0.4) is 0 Å². The van der Waals surface area contributed by atoms with E-state index in [-0.39, 0.29) is 5.97 Å². The molecule has 0 bridgehead atoms.